The Kier molecular flexibility index (Phi) is 4.57. The summed E-state index contributed by atoms with van der Waals surface area (Å²) in [5.74, 6) is 1.67. The Morgan fingerprint density at radius 2 is 1.12 bits per heavy atom. The molecule has 0 aliphatic heterocycles. The maximum Gasteiger partial charge on any atom is 0.127 e. The second kappa shape index (κ2) is 6.79. The SMILES string of the molecule is CC(C)(C)c1ccc(Nc2ccc(Oc3ccccc3)cc2)cc1. The second-order valence-electron chi connectivity index (χ2n) is 6.89. The van der Waals surface area contributed by atoms with Gasteiger partial charge in [-0.25, -0.2) is 0 Å². The highest BCUT2D eigenvalue weighted by Gasteiger charge is 2.12. The standard InChI is InChI=1S/C22H23NO/c1-22(2,3)17-9-11-18(12-10-17)23-19-13-15-21(16-14-19)24-20-7-5-4-6-8-20/h4-16,23H,1-3H3. The number of rotatable bonds is 4. The summed E-state index contributed by atoms with van der Waals surface area (Å²) in [5, 5.41) is 3.42. The van der Waals surface area contributed by atoms with E-state index in [4.69, 9.17) is 4.74 Å². The Morgan fingerprint density at radius 3 is 1.67 bits per heavy atom. The number of hydrogen-bond acceptors (Lipinski definition) is 2. The Balaban J connectivity index is 1.66. The van der Waals surface area contributed by atoms with Crippen molar-refractivity contribution in [1.82, 2.24) is 0 Å². The first-order valence-corrected chi connectivity index (χ1v) is 8.21. The van der Waals surface area contributed by atoms with E-state index >= 15 is 0 Å². The molecule has 0 amide bonds. The van der Waals surface area contributed by atoms with E-state index in [9.17, 15) is 0 Å². The minimum absolute atomic E-state index is 0.176. The Morgan fingerprint density at radius 1 is 0.625 bits per heavy atom. The molecule has 3 aromatic rings. The van der Waals surface area contributed by atoms with Crippen molar-refractivity contribution in [1.29, 1.82) is 0 Å². The highest BCUT2D eigenvalue weighted by Crippen LogP contribution is 2.26. The fourth-order valence-corrected chi connectivity index (χ4v) is 2.45. The van der Waals surface area contributed by atoms with Gasteiger partial charge in [0.25, 0.3) is 0 Å². The van der Waals surface area contributed by atoms with Gasteiger partial charge < -0.3 is 10.1 Å². The molecule has 0 bridgehead atoms. The van der Waals surface area contributed by atoms with Crippen LogP contribution in [0, 0.1) is 0 Å². The lowest BCUT2D eigenvalue weighted by atomic mass is 9.87. The van der Waals surface area contributed by atoms with Gasteiger partial charge in [0.05, 0.1) is 0 Å². The zero-order valence-corrected chi connectivity index (χ0v) is 14.4. The number of nitrogens with one attached hydrogen (secondary N) is 1. The van der Waals surface area contributed by atoms with Crippen LogP contribution in [0.2, 0.25) is 0 Å². The average molecular weight is 317 g/mol. The van der Waals surface area contributed by atoms with E-state index in [0.717, 1.165) is 22.9 Å². The summed E-state index contributed by atoms with van der Waals surface area (Å²) in [6.07, 6.45) is 0. The molecule has 0 aliphatic rings. The van der Waals surface area contributed by atoms with E-state index in [2.05, 4.69) is 50.4 Å². The van der Waals surface area contributed by atoms with Crippen molar-refractivity contribution in [3.05, 3.63) is 84.4 Å². The summed E-state index contributed by atoms with van der Waals surface area (Å²) in [5.41, 5.74) is 3.63. The molecule has 2 nitrogen and oxygen atoms in total. The molecule has 3 aromatic carbocycles. The molecule has 1 N–H and O–H groups in total. The van der Waals surface area contributed by atoms with Crippen LogP contribution in [0.5, 0.6) is 11.5 Å². The number of benzene rings is 3. The van der Waals surface area contributed by atoms with Gasteiger partial charge in [-0.3, -0.25) is 0 Å². The third-order valence-corrected chi connectivity index (χ3v) is 3.87. The highest BCUT2D eigenvalue weighted by molar-refractivity contribution is 5.60. The summed E-state index contributed by atoms with van der Waals surface area (Å²) in [6, 6.07) is 26.4. The van der Waals surface area contributed by atoms with Crippen molar-refractivity contribution >= 4 is 11.4 Å². The second-order valence-corrected chi connectivity index (χ2v) is 6.89. The molecule has 3 rings (SSSR count). The first-order valence-electron chi connectivity index (χ1n) is 8.21. The maximum absolute atomic E-state index is 5.81. The van der Waals surface area contributed by atoms with Gasteiger partial charge in [-0.05, 0) is 59.5 Å². The summed E-state index contributed by atoms with van der Waals surface area (Å²) in [4.78, 5) is 0. The van der Waals surface area contributed by atoms with Crippen LogP contribution in [-0.2, 0) is 5.41 Å². The topological polar surface area (TPSA) is 21.3 Å². The van der Waals surface area contributed by atoms with Crippen LogP contribution in [0.1, 0.15) is 26.3 Å². The van der Waals surface area contributed by atoms with Crippen LogP contribution in [-0.4, -0.2) is 0 Å². The van der Waals surface area contributed by atoms with Crippen molar-refractivity contribution in [3.8, 4) is 11.5 Å². The summed E-state index contributed by atoms with van der Waals surface area (Å²) in [6.45, 7) is 6.67. The lowest BCUT2D eigenvalue weighted by Crippen LogP contribution is -2.10. The molecule has 24 heavy (non-hydrogen) atoms. The molecule has 0 spiro atoms. The largest absolute Gasteiger partial charge is 0.457 e. The van der Waals surface area contributed by atoms with Gasteiger partial charge in [0.2, 0.25) is 0 Å². The van der Waals surface area contributed by atoms with Crippen molar-refractivity contribution in [2.75, 3.05) is 5.32 Å². The summed E-state index contributed by atoms with van der Waals surface area (Å²) >= 11 is 0. The average Bonchev–Trinajstić information content (AvgIpc) is 2.57. The lowest BCUT2D eigenvalue weighted by Gasteiger charge is -2.19. The molecular formula is C22H23NO. The zero-order chi connectivity index (χ0) is 17.0. The molecule has 0 heterocycles. The first-order chi connectivity index (χ1) is 11.5. The third-order valence-electron chi connectivity index (χ3n) is 3.87. The quantitative estimate of drug-likeness (QED) is 0.591. The fourth-order valence-electron chi connectivity index (χ4n) is 2.45. The van der Waals surface area contributed by atoms with Crippen molar-refractivity contribution < 1.29 is 4.74 Å². The molecule has 122 valence electrons. The molecule has 0 aromatic heterocycles. The van der Waals surface area contributed by atoms with E-state index < -0.39 is 0 Å². The van der Waals surface area contributed by atoms with E-state index in [1.807, 2.05) is 54.6 Å². The number of anilines is 2. The van der Waals surface area contributed by atoms with Crippen molar-refractivity contribution in [3.63, 3.8) is 0 Å². The number of hydrogen-bond donors (Lipinski definition) is 1. The molecule has 0 saturated heterocycles. The van der Waals surface area contributed by atoms with Gasteiger partial charge in [0.15, 0.2) is 0 Å². The van der Waals surface area contributed by atoms with Crippen LogP contribution in [0.15, 0.2) is 78.9 Å². The molecule has 0 atom stereocenters. The fraction of sp³-hybridized carbons (Fsp3) is 0.182. The molecule has 0 saturated carbocycles. The molecule has 0 radical (unpaired) electrons. The zero-order valence-electron chi connectivity index (χ0n) is 14.4. The van der Waals surface area contributed by atoms with Crippen LogP contribution < -0.4 is 10.1 Å². The van der Waals surface area contributed by atoms with Gasteiger partial charge in [0.1, 0.15) is 11.5 Å². The molecule has 0 unspecified atom stereocenters. The van der Waals surface area contributed by atoms with Crippen LogP contribution >= 0.6 is 0 Å². The monoisotopic (exact) mass is 317 g/mol. The van der Waals surface area contributed by atoms with Gasteiger partial charge in [-0.1, -0.05) is 51.1 Å². The number of para-hydroxylation sites is 1. The van der Waals surface area contributed by atoms with Gasteiger partial charge in [-0.2, -0.15) is 0 Å². The van der Waals surface area contributed by atoms with Gasteiger partial charge >= 0.3 is 0 Å². The normalized spacial score (nSPS) is 11.1. The number of ether oxygens (including phenoxy) is 1. The van der Waals surface area contributed by atoms with Crippen LogP contribution in [0.4, 0.5) is 11.4 Å². The Bertz CT molecular complexity index is 769. The van der Waals surface area contributed by atoms with Gasteiger partial charge in [-0.15, -0.1) is 0 Å². The molecule has 0 aliphatic carbocycles. The minimum atomic E-state index is 0.176. The minimum Gasteiger partial charge on any atom is -0.457 e. The van der Waals surface area contributed by atoms with Crippen LogP contribution in [0.25, 0.3) is 0 Å². The Labute approximate surface area is 144 Å². The predicted octanol–water partition coefficient (Wildman–Crippen LogP) is 6.52. The molecule has 2 heteroatoms. The van der Waals surface area contributed by atoms with Gasteiger partial charge in [0, 0.05) is 11.4 Å². The van der Waals surface area contributed by atoms with E-state index in [-0.39, 0.29) is 5.41 Å². The van der Waals surface area contributed by atoms with Crippen molar-refractivity contribution in [2.24, 2.45) is 0 Å². The smallest absolute Gasteiger partial charge is 0.127 e. The predicted molar refractivity (Wildman–Crippen MR) is 101 cm³/mol. The van der Waals surface area contributed by atoms with Crippen LogP contribution in [0.3, 0.4) is 0 Å². The summed E-state index contributed by atoms with van der Waals surface area (Å²) in [7, 11) is 0. The molecule has 0 fully saturated rings. The van der Waals surface area contributed by atoms with E-state index in [0.29, 0.717) is 0 Å². The maximum atomic E-state index is 5.81. The Hall–Kier alpha value is -2.74. The van der Waals surface area contributed by atoms with E-state index in [1.54, 1.807) is 0 Å². The first kappa shape index (κ1) is 16.1. The third kappa shape index (κ3) is 4.17. The lowest BCUT2D eigenvalue weighted by molar-refractivity contribution is 0.483. The van der Waals surface area contributed by atoms with Crippen molar-refractivity contribution in [2.45, 2.75) is 26.2 Å². The van der Waals surface area contributed by atoms with E-state index in [1.165, 1.54) is 5.56 Å². The highest BCUT2D eigenvalue weighted by atomic mass is 16.5. The molecular weight excluding hydrogens is 294 g/mol. The summed E-state index contributed by atoms with van der Waals surface area (Å²) < 4.78 is 5.81.